The summed E-state index contributed by atoms with van der Waals surface area (Å²) in [4.78, 5) is 37.8. The second-order valence-electron chi connectivity index (χ2n) is 8.20. The molecule has 2 heterocycles. The summed E-state index contributed by atoms with van der Waals surface area (Å²) in [5.74, 6) is -2.44. The van der Waals surface area contributed by atoms with Crippen LogP contribution < -0.4 is 5.32 Å². The maximum absolute atomic E-state index is 13.0. The van der Waals surface area contributed by atoms with Gasteiger partial charge in [-0.2, -0.15) is 0 Å². The number of carbonyl (C=O) groups is 3. The predicted octanol–water partition coefficient (Wildman–Crippen LogP) is 1.53. The Bertz CT molecular complexity index is 749. The van der Waals surface area contributed by atoms with Crippen LogP contribution in [0, 0.1) is 5.92 Å². The number of nitrogens with zero attached hydrogens (tertiary/aromatic N) is 1. The molecule has 3 N–H and O–H groups in total. The van der Waals surface area contributed by atoms with E-state index in [4.69, 9.17) is 4.74 Å². The summed E-state index contributed by atoms with van der Waals surface area (Å²) >= 11 is 0. The van der Waals surface area contributed by atoms with E-state index in [1.807, 2.05) is 30.3 Å². The van der Waals surface area contributed by atoms with E-state index in [0.29, 0.717) is 32.4 Å². The monoisotopic (exact) mass is 418 g/mol. The van der Waals surface area contributed by atoms with Crippen LogP contribution in [0.25, 0.3) is 0 Å². The minimum atomic E-state index is -1.03. The minimum Gasteiger partial charge on any atom is -0.480 e. The summed E-state index contributed by atoms with van der Waals surface area (Å²) in [6.07, 6.45) is 3.09. The van der Waals surface area contributed by atoms with Crippen molar-refractivity contribution in [3.8, 4) is 0 Å². The molecule has 0 radical (unpaired) electrons. The number of benzene rings is 1. The van der Waals surface area contributed by atoms with E-state index < -0.39 is 30.1 Å². The number of hydrogen-bond acceptors (Lipinski definition) is 5. The van der Waals surface area contributed by atoms with Crippen molar-refractivity contribution in [3.05, 3.63) is 35.9 Å². The lowest BCUT2D eigenvalue weighted by Gasteiger charge is -2.27. The van der Waals surface area contributed by atoms with Gasteiger partial charge in [-0.3, -0.25) is 14.9 Å². The molecule has 1 amide bonds. The van der Waals surface area contributed by atoms with Crippen LogP contribution in [0.2, 0.25) is 0 Å². The van der Waals surface area contributed by atoms with Crippen molar-refractivity contribution in [2.75, 3.05) is 13.2 Å². The van der Waals surface area contributed by atoms with Gasteiger partial charge in [-0.1, -0.05) is 30.3 Å². The third-order valence-corrected chi connectivity index (χ3v) is 6.08. The first-order chi connectivity index (χ1) is 14.4. The molecule has 3 rings (SSSR count). The lowest BCUT2D eigenvalue weighted by Crippen LogP contribution is -2.53. The topological polar surface area (TPSA) is 116 Å². The average Bonchev–Trinajstić information content (AvgIpc) is 3.40. The summed E-state index contributed by atoms with van der Waals surface area (Å²) in [5.41, 5.74) is 1.02. The summed E-state index contributed by atoms with van der Waals surface area (Å²) in [6, 6.07) is 6.96. The Morgan fingerprint density at radius 1 is 1.23 bits per heavy atom. The van der Waals surface area contributed by atoms with Crippen LogP contribution in [0.4, 0.5) is 0 Å². The molecule has 8 nitrogen and oxygen atoms in total. The number of rotatable bonds is 9. The van der Waals surface area contributed by atoms with Crippen LogP contribution in [0.5, 0.6) is 0 Å². The normalized spacial score (nSPS) is 25.8. The maximum Gasteiger partial charge on any atom is 0.326 e. The highest BCUT2D eigenvalue weighted by molar-refractivity contribution is 5.88. The van der Waals surface area contributed by atoms with Gasteiger partial charge < -0.3 is 19.8 Å². The largest absolute Gasteiger partial charge is 0.480 e. The number of nitrogens with one attached hydrogen (secondary N) is 1. The molecule has 2 fully saturated rings. The van der Waals surface area contributed by atoms with Crippen LogP contribution >= 0.6 is 0 Å². The quantitative estimate of drug-likeness (QED) is 0.557. The zero-order valence-corrected chi connectivity index (χ0v) is 17.2. The molecular weight excluding hydrogens is 388 g/mol. The first-order valence-electron chi connectivity index (χ1n) is 10.5. The zero-order chi connectivity index (χ0) is 21.7. The fourth-order valence-corrected chi connectivity index (χ4v) is 4.45. The summed E-state index contributed by atoms with van der Waals surface area (Å²) in [5, 5.41) is 22.1. The Hall–Kier alpha value is -2.45. The molecule has 164 valence electrons. The first-order valence-corrected chi connectivity index (χ1v) is 10.5. The predicted molar refractivity (Wildman–Crippen MR) is 109 cm³/mol. The van der Waals surface area contributed by atoms with E-state index in [1.54, 1.807) is 6.92 Å². The fourth-order valence-electron chi connectivity index (χ4n) is 4.45. The highest BCUT2D eigenvalue weighted by Gasteiger charge is 2.44. The van der Waals surface area contributed by atoms with Gasteiger partial charge in [0.2, 0.25) is 5.91 Å². The number of likely N-dealkylation sites (tertiary alicyclic amines) is 1. The van der Waals surface area contributed by atoms with Crippen molar-refractivity contribution < 1.29 is 29.3 Å². The Kier molecular flexibility index (Phi) is 7.44. The summed E-state index contributed by atoms with van der Waals surface area (Å²) in [7, 11) is 0. The molecule has 0 bridgehead atoms. The van der Waals surface area contributed by atoms with Crippen molar-refractivity contribution in [2.24, 2.45) is 5.92 Å². The average molecular weight is 418 g/mol. The smallest absolute Gasteiger partial charge is 0.326 e. The highest BCUT2D eigenvalue weighted by Crippen LogP contribution is 2.32. The molecule has 8 heteroatoms. The molecule has 30 heavy (non-hydrogen) atoms. The van der Waals surface area contributed by atoms with Crippen LogP contribution in [-0.4, -0.2) is 70.3 Å². The number of amides is 1. The van der Waals surface area contributed by atoms with E-state index in [2.05, 4.69) is 5.32 Å². The molecule has 2 aliphatic rings. The van der Waals surface area contributed by atoms with Crippen LogP contribution in [0.3, 0.4) is 0 Å². The van der Waals surface area contributed by atoms with Crippen molar-refractivity contribution >= 4 is 17.8 Å². The summed E-state index contributed by atoms with van der Waals surface area (Å²) < 4.78 is 5.70. The van der Waals surface area contributed by atoms with Crippen LogP contribution in [0.15, 0.2) is 30.3 Å². The minimum absolute atomic E-state index is 0.00176. The lowest BCUT2D eigenvalue weighted by atomic mass is 9.97. The van der Waals surface area contributed by atoms with Gasteiger partial charge in [0.25, 0.3) is 0 Å². The van der Waals surface area contributed by atoms with Gasteiger partial charge in [0.1, 0.15) is 12.1 Å². The fraction of sp³-hybridized carbons (Fsp3) is 0.591. The van der Waals surface area contributed by atoms with E-state index in [1.165, 1.54) is 4.90 Å². The van der Waals surface area contributed by atoms with E-state index in [9.17, 15) is 24.6 Å². The molecule has 2 saturated heterocycles. The van der Waals surface area contributed by atoms with Crippen LogP contribution in [0.1, 0.15) is 38.2 Å². The summed E-state index contributed by atoms with van der Waals surface area (Å²) in [6.45, 7) is 2.60. The van der Waals surface area contributed by atoms with Gasteiger partial charge in [0.05, 0.1) is 12.1 Å². The van der Waals surface area contributed by atoms with Gasteiger partial charge in [0, 0.05) is 19.1 Å². The SMILES string of the molecule is C[C@H](NC(CCc1ccccc1)C(=O)O)C(=O)N1CC(C2CCCO2)C[C@H]1C(=O)O. The number of hydrogen-bond donors (Lipinski definition) is 3. The third-order valence-electron chi connectivity index (χ3n) is 6.08. The molecule has 2 aliphatic heterocycles. The van der Waals surface area contributed by atoms with Crippen molar-refractivity contribution in [1.82, 2.24) is 10.2 Å². The number of carbonyl (C=O) groups excluding carboxylic acids is 1. The molecule has 0 aliphatic carbocycles. The first kappa shape index (κ1) is 22.2. The van der Waals surface area contributed by atoms with Crippen LogP contribution in [-0.2, 0) is 25.5 Å². The molecule has 0 spiro atoms. The molecule has 1 aromatic carbocycles. The van der Waals surface area contributed by atoms with Gasteiger partial charge in [-0.15, -0.1) is 0 Å². The maximum atomic E-state index is 13.0. The molecule has 0 saturated carbocycles. The van der Waals surface area contributed by atoms with E-state index in [-0.39, 0.29) is 17.9 Å². The Labute approximate surface area is 176 Å². The van der Waals surface area contributed by atoms with Crippen molar-refractivity contribution in [1.29, 1.82) is 0 Å². The standard InChI is InChI=1S/C22H30N2O6/c1-14(23-17(21(26)27)10-9-15-6-3-2-4-7-15)20(25)24-13-16(12-18(24)22(28)29)19-8-5-11-30-19/h2-4,6-7,14,16-19,23H,5,8-13H2,1H3,(H,26,27)(H,28,29)/t14-,16?,17?,18-,19?/m0/s1. The second kappa shape index (κ2) is 10.0. The van der Waals surface area contributed by atoms with Gasteiger partial charge in [-0.25, -0.2) is 4.79 Å². The zero-order valence-electron chi connectivity index (χ0n) is 17.2. The molecular formula is C22H30N2O6. The number of aryl methyl sites for hydroxylation is 1. The Morgan fingerprint density at radius 3 is 2.57 bits per heavy atom. The van der Waals surface area contributed by atoms with Crippen molar-refractivity contribution in [3.63, 3.8) is 0 Å². The van der Waals surface area contributed by atoms with Gasteiger partial charge in [0.15, 0.2) is 0 Å². The Morgan fingerprint density at radius 2 is 1.97 bits per heavy atom. The molecule has 0 aromatic heterocycles. The number of aliphatic carboxylic acids is 2. The van der Waals surface area contributed by atoms with E-state index in [0.717, 1.165) is 18.4 Å². The van der Waals surface area contributed by atoms with Gasteiger partial charge in [-0.05, 0) is 44.6 Å². The van der Waals surface area contributed by atoms with E-state index >= 15 is 0 Å². The lowest BCUT2D eigenvalue weighted by molar-refractivity contribution is -0.149. The molecule has 1 aromatic rings. The number of ether oxygens (including phenoxy) is 1. The second-order valence-corrected chi connectivity index (χ2v) is 8.20. The van der Waals surface area contributed by atoms with Crippen molar-refractivity contribution in [2.45, 2.75) is 63.3 Å². The molecule has 3 unspecified atom stereocenters. The Balaban J connectivity index is 1.61. The van der Waals surface area contributed by atoms with Gasteiger partial charge >= 0.3 is 11.9 Å². The third kappa shape index (κ3) is 5.37. The molecule has 5 atom stereocenters. The number of carboxylic acids is 2. The number of carboxylic acid groups (broad SMARTS) is 2. The highest BCUT2D eigenvalue weighted by atomic mass is 16.5.